The lowest BCUT2D eigenvalue weighted by Crippen LogP contribution is -2.40. The van der Waals surface area contributed by atoms with Gasteiger partial charge in [0.05, 0.1) is 11.6 Å². The van der Waals surface area contributed by atoms with Gasteiger partial charge in [-0.1, -0.05) is 32.5 Å². The predicted molar refractivity (Wildman–Crippen MR) is 86.1 cm³/mol. The summed E-state index contributed by atoms with van der Waals surface area (Å²) in [6, 6.07) is 1.57. The first-order chi connectivity index (χ1) is 10.3. The smallest absolute Gasteiger partial charge is 0.254 e. The average Bonchev–Trinajstić information content (AvgIpc) is 2.46. The summed E-state index contributed by atoms with van der Waals surface area (Å²) >= 11 is 1.45. The lowest BCUT2D eigenvalue weighted by molar-refractivity contribution is -0.124. The fourth-order valence-electron chi connectivity index (χ4n) is 2.19. The Morgan fingerprint density at radius 2 is 2.27 bits per heavy atom. The van der Waals surface area contributed by atoms with E-state index in [0.717, 1.165) is 5.69 Å². The molecule has 22 heavy (non-hydrogen) atoms. The first-order valence-electron chi connectivity index (χ1n) is 7.46. The Hall–Kier alpha value is -1.34. The van der Waals surface area contributed by atoms with E-state index in [2.05, 4.69) is 10.3 Å². The second-order valence-corrected chi connectivity index (χ2v) is 7.49. The van der Waals surface area contributed by atoms with Gasteiger partial charge in [0.2, 0.25) is 5.91 Å². The molecule has 0 saturated carbocycles. The molecule has 0 saturated heterocycles. The van der Waals surface area contributed by atoms with Crippen molar-refractivity contribution >= 4 is 17.7 Å². The number of nitrogens with one attached hydrogen (secondary N) is 1. The average molecular weight is 325 g/mol. The van der Waals surface area contributed by atoms with Crippen molar-refractivity contribution in [2.24, 2.45) is 5.92 Å². The van der Waals surface area contributed by atoms with Crippen molar-refractivity contribution in [2.45, 2.75) is 44.3 Å². The Morgan fingerprint density at radius 3 is 2.91 bits per heavy atom. The van der Waals surface area contributed by atoms with E-state index < -0.39 is 0 Å². The standard InChI is InChI=1S/C15H23N3O3S/c1-15(2,3)11-7-12(20)18-8-10(9-22-14(18)17-11)13(21)16-5-4-6-19/h7,10,19H,4-6,8-9H2,1-3H3,(H,16,21). The van der Waals surface area contributed by atoms with E-state index in [-0.39, 0.29) is 29.4 Å². The molecule has 1 aliphatic heterocycles. The van der Waals surface area contributed by atoms with Gasteiger partial charge in [-0.25, -0.2) is 4.98 Å². The van der Waals surface area contributed by atoms with Gasteiger partial charge in [-0.05, 0) is 6.42 Å². The molecule has 2 heterocycles. The van der Waals surface area contributed by atoms with Gasteiger partial charge in [0, 0.05) is 36.9 Å². The molecule has 0 fully saturated rings. The van der Waals surface area contributed by atoms with Gasteiger partial charge in [0.1, 0.15) is 0 Å². The third-order valence-electron chi connectivity index (χ3n) is 3.56. The highest BCUT2D eigenvalue weighted by Crippen LogP contribution is 2.27. The summed E-state index contributed by atoms with van der Waals surface area (Å²) in [5, 5.41) is 12.2. The molecule has 1 aromatic heterocycles. The van der Waals surface area contributed by atoms with E-state index in [1.54, 1.807) is 10.6 Å². The molecule has 6 nitrogen and oxygen atoms in total. The van der Waals surface area contributed by atoms with Crippen molar-refractivity contribution in [1.29, 1.82) is 0 Å². The van der Waals surface area contributed by atoms with Crippen molar-refractivity contribution < 1.29 is 9.90 Å². The van der Waals surface area contributed by atoms with Crippen LogP contribution in [0.2, 0.25) is 0 Å². The fourth-order valence-corrected chi connectivity index (χ4v) is 3.28. The number of fused-ring (bicyclic) bond motifs is 1. The maximum atomic E-state index is 12.3. The normalized spacial score (nSPS) is 17.9. The largest absolute Gasteiger partial charge is 0.396 e. The Morgan fingerprint density at radius 1 is 1.55 bits per heavy atom. The van der Waals surface area contributed by atoms with Crippen molar-refractivity contribution in [3.05, 3.63) is 22.1 Å². The van der Waals surface area contributed by atoms with Crippen LogP contribution < -0.4 is 10.9 Å². The van der Waals surface area contributed by atoms with Gasteiger partial charge in [0.15, 0.2) is 5.16 Å². The molecule has 1 unspecified atom stereocenters. The minimum absolute atomic E-state index is 0.0570. The molecule has 0 spiro atoms. The number of carbonyl (C=O) groups is 1. The number of aliphatic hydroxyl groups excluding tert-OH is 1. The molecule has 1 aromatic rings. The highest BCUT2D eigenvalue weighted by Gasteiger charge is 2.28. The number of carbonyl (C=O) groups excluding carboxylic acids is 1. The number of hydrogen-bond acceptors (Lipinski definition) is 5. The van der Waals surface area contributed by atoms with Crippen LogP contribution in [0, 0.1) is 5.92 Å². The van der Waals surface area contributed by atoms with E-state index in [0.29, 0.717) is 30.4 Å². The van der Waals surface area contributed by atoms with Gasteiger partial charge < -0.3 is 10.4 Å². The Kier molecular flexibility index (Phi) is 5.28. The third-order valence-corrected chi connectivity index (χ3v) is 4.70. The zero-order valence-corrected chi connectivity index (χ0v) is 14.1. The van der Waals surface area contributed by atoms with Crippen LogP contribution >= 0.6 is 11.8 Å². The van der Waals surface area contributed by atoms with Gasteiger partial charge in [-0.2, -0.15) is 0 Å². The van der Waals surface area contributed by atoms with E-state index in [4.69, 9.17) is 5.11 Å². The molecule has 7 heteroatoms. The lowest BCUT2D eigenvalue weighted by Gasteiger charge is -2.26. The zero-order chi connectivity index (χ0) is 16.3. The van der Waals surface area contributed by atoms with E-state index in [9.17, 15) is 9.59 Å². The molecule has 1 aliphatic rings. The van der Waals surface area contributed by atoms with Gasteiger partial charge >= 0.3 is 0 Å². The number of thioether (sulfide) groups is 1. The molecule has 0 radical (unpaired) electrons. The Labute approximate surface area is 134 Å². The second-order valence-electron chi connectivity index (χ2n) is 6.50. The first kappa shape index (κ1) is 17.0. The van der Waals surface area contributed by atoms with Gasteiger partial charge in [-0.3, -0.25) is 14.2 Å². The fraction of sp³-hybridized carbons (Fsp3) is 0.667. The molecule has 0 aliphatic carbocycles. The number of nitrogens with zero attached hydrogens (tertiary/aromatic N) is 2. The molecular formula is C15H23N3O3S. The third kappa shape index (κ3) is 3.89. The van der Waals surface area contributed by atoms with Crippen LogP contribution in [0.1, 0.15) is 32.9 Å². The molecular weight excluding hydrogens is 302 g/mol. The van der Waals surface area contributed by atoms with E-state index in [1.165, 1.54) is 11.8 Å². The summed E-state index contributed by atoms with van der Waals surface area (Å²) in [5.74, 6) is 0.305. The van der Waals surface area contributed by atoms with E-state index >= 15 is 0 Å². The molecule has 1 amide bonds. The van der Waals surface area contributed by atoms with Crippen LogP contribution in [0.15, 0.2) is 16.0 Å². The quantitative estimate of drug-likeness (QED) is 0.631. The topological polar surface area (TPSA) is 84.2 Å². The van der Waals surface area contributed by atoms with Crippen molar-refractivity contribution in [1.82, 2.24) is 14.9 Å². The maximum absolute atomic E-state index is 12.3. The first-order valence-corrected chi connectivity index (χ1v) is 8.45. The number of aromatic nitrogens is 2. The molecule has 122 valence electrons. The van der Waals surface area contributed by atoms with Gasteiger partial charge in [0.25, 0.3) is 5.56 Å². The van der Waals surface area contributed by atoms with Crippen molar-refractivity contribution in [2.75, 3.05) is 18.9 Å². The van der Waals surface area contributed by atoms with Crippen LogP contribution in [-0.2, 0) is 16.8 Å². The maximum Gasteiger partial charge on any atom is 0.254 e. The highest BCUT2D eigenvalue weighted by atomic mass is 32.2. The molecule has 1 atom stereocenters. The summed E-state index contributed by atoms with van der Waals surface area (Å²) in [5.41, 5.74) is 0.505. The molecule has 2 N–H and O–H groups in total. The number of hydrogen-bond donors (Lipinski definition) is 2. The van der Waals surface area contributed by atoms with Crippen molar-refractivity contribution in [3.8, 4) is 0 Å². The van der Waals surface area contributed by atoms with Crippen LogP contribution in [0.25, 0.3) is 0 Å². The van der Waals surface area contributed by atoms with E-state index in [1.807, 2.05) is 20.8 Å². The second kappa shape index (κ2) is 6.83. The Bertz CT molecular complexity index is 607. The minimum Gasteiger partial charge on any atom is -0.396 e. The minimum atomic E-state index is -0.240. The predicted octanol–water partition coefficient (Wildman–Crippen LogP) is 0.761. The summed E-state index contributed by atoms with van der Waals surface area (Å²) in [6.45, 7) is 6.95. The molecule has 0 aromatic carbocycles. The highest BCUT2D eigenvalue weighted by molar-refractivity contribution is 7.99. The summed E-state index contributed by atoms with van der Waals surface area (Å²) < 4.78 is 1.58. The Balaban J connectivity index is 2.14. The summed E-state index contributed by atoms with van der Waals surface area (Å²) in [4.78, 5) is 29.0. The SMILES string of the molecule is CC(C)(C)c1cc(=O)n2c(n1)SCC(C(=O)NCCCO)C2. The zero-order valence-electron chi connectivity index (χ0n) is 13.3. The van der Waals surface area contributed by atoms with Crippen LogP contribution in [0.4, 0.5) is 0 Å². The van der Waals surface area contributed by atoms with Crippen LogP contribution in [0.3, 0.4) is 0 Å². The van der Waals surface area contributed by atoms with Crippen LogP contribution in [0.5, 0.6) is 0 Å². The molecule has 2 rings (SSSR count). The van der Waals surface area contributed by atoms with Crippen LogP contribution in [-0.4, -0.2) is 39.5 Å². The summed E-state index contributed by atoms with van der Waals surface area (Å²) in [7, 11) is 0. The lowest BCUT2D eigenvalue weighted by atomic mass is 9.92. The summed E-state index contributed by atoms with van der Waals surface area (Å²) in [6.07, 6.45) is 0.540. The molecule has 0 bridgehead atoms. The number of rotatable bonds is 4. The monoisotopic (exact) mass is 325 g/mol. The van der Waals surface area contributed by atoms with Gasteiger partial charge in [-0.15, -0.1) is 0 Å². The number of amides is 1. The van der Waals surface area contributed by atoms with Crippen molar-refractivity contribution in [3.63, 3.8) is 0 Å². The number of aliphatic hydroxyl groups is 1.